The quantitative estimate of drug-likeness (QED) is 0.138. The van der Waals surface area contributed by atoms with Crippen LogP contribution in [0, 0.1) is 11.6 Å². The van der Waals surface area contributed by atoms with Crippen LogP contribution < -0.4 is 10.1 Å². The molecule has 1 N–H and O–H groups in total. The summed E-state index contributed by atoms with van der Waals surface area (Å²) in [4.78, 5) is 39.0. The van der Waals surface area contributed by atoms with Crippen molar-refractivity contribution in [2.45, 2.75) is 5.92 Å². The molecule has 0 bridgehead atoms. The molecule has 5 aromatic rings. The minimum atomic E-state index is -0.852. The summed E-state index contributed by atoms with van der Waals surface area (Å²) in [6, 6.07) is 29.8. The van der Waals surface area contributed by atoms with Gasteiger partial charge in [0.05, 0.1) is 11.6 Å². The number of benzene rings is 4. The van der Waals surface area contributed by atoms with Crippen LogP contribution in [0.4, 0.5) is 20.3 Å². The number of ether oxygens (including phenoxy) is 1. The maximum atomic E-state index is 15.2. The number of amides is 1. The summed E-state index contributed by atoms with van der Waals surface area (Å²) >= 11 is 6.65. The van der Waals surface area contributed by atoms with Gasteiger partial charge in [0.15, 0.2) is 28.9 Å². The largest absolute Gasteiger partial charge is 0.453 e. The highest BCUT2D eigenvalue weighted by molar-refractivity contribution is 6.34. The van der Waals surface area contributed by atoms with Crippen molar-refractivity contribution in [3.8, 4) is 11.5 Å². The standard InChI is InChI=1S/C36H23ClF2N4O3/c37-32-31(17-18-41-35(32)43-33(23-7-3-1-4-8-23)24-9-5-2-6-10-24)46-30-16-15-26(19-29(30)39)42-36(45)28-21-40-20-27(34(28)44)22-11-13-25(38)14-12-22/h1-21,27H,(H,42,45). The average Bonchev–Trinajstić information content (AvgIpc) is 3.07. The van der Waals surface area contributed by atoms with E-state index in [1.165, 1.54) is 54.9 Å². The van der Waals surface area contributed by atoms with Crippen molar-refractivity contribution in [1.29, 1.82) is 0 Å². The van der Waals surface area contributed by atoms with Crippen LogP contribution in [0.2, 0.25) is 5.02 Å². The van der Waals surface area contributed by atoms with Crippen molar-refractivity contribution in [1.82, 2.24) is 4.98 Å². The summed E-state index contributed by atoms with van der Waals surface area (Å²) in [5.41, 5.74) is 2.69. The molecule has 0 radical (unpaired) electrons. The summed E-state index contributed by atoms with van der Waals surface area (Å²) in [7, 11) is 0. The number of Topliss-reactive ketones (excluding diaryl/α,β-unsaturated/α-hetero) is 1. The fraction of sp³-hybridized carbons (Fsp3) is 0.0278. The van der Waals surface area contributed by atoms with Crippen molar-refractivity contribution in [3.05, 3.63) is 161 Å². The molecule has 1 aliphatic heterocycles. The molecule has 226 valence electrons. The van der Waals surface area contributed by atoms with Gasteiger partial charge in [-0.1, -0.05) is 84.4 Å². The maximum absolute atomic E-state index is 15.2. The number of aliphatic imine (C=N–C) groups is 2. The Balaban J connectivity index is 1.20. The highest BCUT2D eigenvalue weighted by Crippen LogP contribution is 2.37. The van der Waals surface area contributed by atoms with Gasteiger partial charge in [0.1, 0.15) is 16.4 Å². The van der Waals surface area contributed by atoms with Gasteiger partial charge in [0, 0.05) is 47.6 Å². The number of aromatic nitrogens is 1. The van der Waals surface area contributed by atoms with E-state index in [2.05, 4.69) is 15.3 Å². The molecule has 0 saturated heterocycles. The van der Waals surface area contributed by atoms with E-state index in [0.717, 1.165) is 23.4 Å². The van der Waals surface area contributed by atoms with Crippen LogP contribution in [0.25, 0.3) is 0 Å². The van der Waals surface area contributed by atoms with Gasteiger partial charge in [-0.3, -0.25) is 14.6 Å². The van der Waals surface area contributed by atoms with Crippen molar-refractivity contribution < 1.29 is 23.1 Å². The zero-order chi connectivity index (χ0) is 32.0. The first kappa shape index (κ1) is 30.2. The molecule has 1 amide bonds. The molecular formula is C36H23ClF2N4O3. The lowest BCUT2D eigenvalue weighted by molar-refractivity contribution is -0.120. The van der Waals surface area contributed by atoms with E-state index in [1.807, 2.05) is 60.7 Å². The third-order valence-electron chi connectivity index (χ3n) is 7.02. The predicted octanol–water partition coefficient (Wildman–Crippen LogP) is 8.23. The average molecular weight is 633 g/mol. The normalized spacial score (nSPS) is 13.9. The van der Waals surface area contributed by atoms with E-state index in [4.69, 9.17) is 21.3 Å². The number of carbonyl (C=O) groups excluding carboxylic acids is 2. The molecule has 1 aliphatic rings. The third kappa shape index (κ3) is 6.64. The Labute approximate surface area is 267 Å². The smallest absolute Gasteiger partial charge is 0.260 e. The number of halogens is 3. The molecule has 1 aromatic heterocycles. The van der Waals surface area contributed by atoms with E-state index in [9.17, 15) is 14.0 Å². The van der Waals surface area contributed by atoms with E-state index >= 15 is 4.39 Å². The molecule has 0 saturated carbocycles. The second-order valence-corrected chi connectivity index (χ2v) is 10.5. The van der Waals surface area contributed by atoms with Gasteiger partial charge in [0.25, 0.3) is 5.91 Å². The van der Waals surface area contributed by atoms with Crippen LogP contribution in [0.5, 0.6) is 11.5 Å². The van der Waals surface area contributed by atoms with Crippen molar-refractivity contribution in [3.63, 3.8) is 0 Å². The van der Waals surface area contributed by atoms with Gasteiger partial charge in [-0.15, -0.1) is 0 Å². The zero-order valence-corrected chi connectivity index (χ0v) is 24.7. The molecule has 46 heavy (non-hydrogen) atoms. The highest BCUT2D eigenvalue weighted by atomic mass is 35.5. The van der Waals surface area contributed by atoms with E-state index in [-0.39, 0.29) is 33.6 Å². The number of nitrogens with one attached hydrogen (secondary N) is 1. The number of ketones is 1. The molecule has 10 heteroatoms. The Kier molecular flexibility index (Phi) is 8.84. The first-order chi connectivity index (χ1) is 22.4. The van der Waals surface area contributed by atoms with Crippen molar-refractivity contribution in [2.75, 3.05) is 5.32 Å². The fourth-order valence-corrected chi connectivity index (χ4v) is 4.92. The minimum Gasteiger partial charge on any atom is -0.453 e. The monoisotopic (exact) mass is 632 g/mol. The molecule has 1 unspecified atom stereocenters. The molecule has 0 spiro atoms. The van der Waals surface area contributed by atoms with Crippen LogP contribution in [0.1, 0.15) is 22.6 Å². The first-order valence-corrected chi connectivity index (χ1v) is 14.4. The Bertz CT molecular complexity index is 1970. The molecule has 2 heterocycles. The van der Waals surface area contributed by atoms with Gasteiger partial charge in [-0.25, -0.2) is 18.8 Å². The van der Waals surface area contributed by atoms with Crippen molar-refractivity contribution >= 4 is 46.7 Å². The Morgan fingerprint density at radius 3 is 2.17 bits per heavy atom. The predicted molar refractivity (Wildman–Crippen MR) is 173 cm³/mol. The number of hydrogen-bond donors (Lipinski definition) is 1. The minimum absolute atomic E-state index is 0.0719. The van der Waals surface area contributed by atoms with Crippen molar-refractivity contribution in [2.24, 2.45) is 9.98 Å². The number of hydrogen-bond acceptors (Lipinski definition) is 6. The second-order valence-electron chi connectivity index (χ2n) is 10.1. The number of nitrogens with zero attached hydrogens (tertiary/aromatic N) is 3. The lowest BCUT2D eigenvalue weighted by Gasteiger charge is -2.17. The lowest BCUT2D eigenvalue weighted by atomic mass is 9.90. The number of pyridine rings is 1. The van der Waals surface area contributed by atoms with Gasteiger partial charge in [-0.05, 0) is 29.8 Å². The maximum Gasteiger partial charge on any atom is 0.260 e. The number of carbonyl (C=O) groups is 2. The van der Waals surface area contributed by atoms with Gasteiger partial charge < -0.3 is 10.1 Å². The van der Waals surface area contributed by atoms with Crippen LogP contribution in [0.3, 0.4) is 0 Å². The molecule has 6 rings (SSSR count). The first-order valence-electron chi connectivity index (χ1n) is 14.0. The molecule has 0 aliphatic carbocycles. The SMILES string of the molecule is O=C(Nc1ccc(Oc2ccnc(N=C(c3ccccc3)c3ccccc3)c2Cl)c(F)c1)C1=CN=CC(c2ccc(F)cc2)C1=O. The van der Waals surface area contributed by atoms with E-state index in [0.29, 0.717) is 11.3 Å². The van der Waals surface area contributed by atoms with E-state index in [1.54, 1.807) is 0 Å². The van der Waals surface area contributed by atoms with Gasteiger partial charge in [-0.2, -0.15) is 0 Å². The Morgan fingerprint density at radius 1 is 0.848 bits per heavy atom. The summed E-state index contributed by atoms with van der Waals surface area (Å²) in [6.45, 7) is 0. The summed E-state index contributed by atoms with van der Waals surface area (Å²) in [5.74, 6) is -3.26. The summed E-state index contributed by atoms with van der Waals surface area (Å²) in [6.07, 6.45) is 3.97. The highest BCUT2D eigenvalue weighted by Gasteiger charge is 2.29. The molecule has 7 nitrogen and oxygen atoms in total. The molecule has 0 fully saturated rings. The lowest BCUT2D eigenvalue weighted by Crippen LogP contribution is -2.27. The number of rotatable bonds is 8. The summed E-state index contributed by atoms with van der Waals surface area (Å²) in [5, 5.41) is 2.59. The topological polar surface area (TPSA) is 93.0 Å². The third-order valence-corrected chi connectivity index (χ3v) is 7.37. The Morgan fingerprint density at radius 2 is 1.52 bits per heavy atom. The molecule has 1 atom stereocenters. The van der Waals surface area contributed by atoms with Gasteiger partial charge >= 0.3 is 0 Å². The van der Waals surface area contributed by atoms with E-state index < -0.39 is 29.2 Å². The van der Waals surface area contributed by atoms with Crippen LogP contribution in [0.15, 0.2) is 137 Å². The molecule has 4 aromatic carbocycles. The second kappa shape index (κ2) is 13.5. The zero-order valence-electron chi connectivity index (χ0n) is 23.9. The summed E-state index contributed by atoms with van der Waals surface area (Å²) < 4.78 is 34.3. The molecular weight excluding hydrogens is 610 g/mol. The Hall–Kier alpha value is -5.80. The van der Waals surface area contributed by atoms with Crippen LogP contribution >= 0.6 is 11.6 Å². The number of anilines is 1. The van der Waals surface area contributed by atoms with Crippen LogP contribution in [-0.4, -0.2) is 28.6 Å². The van der Waals surface area contributed by atoms with Crippen LogP contribution in [-0.2, 0) is 9.59 Å². The van der Waals surface area contributed by atoms with Gasteiger partial charge in [0.2, 0.25) is 0 Å². The fourth-order valence-electron chi connectivity index (χ4n) is 4.72.